The average molecular weight is 215 g/mol. The molecule has 7 heteroatoms. The fraction of sp³-hybridized carbons (Fsp3) is 0. The third-order valence-corrected chi connectivity index (χ3v) is 0. The van der Waals surface area contributed by atoms with Gasteiger partial charge in [-0.25, -0.2) is 4.57 Å². The topological polar surface area (TPSA) is 77.8 Å². The first kappa shape index (κ1) is 15.9. The molecule has 0 aliphatic rings. The first-order valence-corrected chi connectivity index (χ1v) is 2.35. The van der Waals surface area contributed by atoms with Crippen LogP contribution < -0.4 is 0 Å². The van der Waals surface area contributed by atoms with Gasteiger partial charge in [-0.05, 0) is 0 Å². The summed E-state index contributed by atoms with van der Waals surface area (Å²) in [6.07, 6.45) is 0. The normalized spacial score (nSPS) is 8.43. The predicted molar refractivity (Wildman–Crippen MR) is 21.4 cm³/mol. The average Bonchev–Trinajstić information content (AvgIpc) is 0.722. The smallest absolute Gasteiger partial charge is 0 e. The van der Waals surface area contributed by atoms with Crippen LogP contribution in [0.2, 0.25) is 0 Å². The largest absolute Gasteiger partial charge is 0 e. The molecule has 0 unspecified atom stereocenters. The van der Waals surface area contributed by atoms with Crippen LogP contribution in [-0.4, -0.2) is 44.2 Å². The van der Waals surface area contributed by atoms with Crippen molar-refractivity contribution in [2.45, 2.75) is 0 Å². The standard InChI is InChI=1S/Na.Nb.H3O4P.H/c;;1-5(2,3)4;/h;;(H3,1,2,3,4);. The van der Waals surface area contributed by atoms with Gasteiger partial charge in [0.2, 0.25) is 0 Å². The first-order valence-electron chi connectivity index (χ1n) is 0.783. The molecule has 0 aromatic rings. The molecule has 0 heterocycles. The van der Waals surface area contributed by atoms with Crippen molar-refractivity contribution >= 4 is 37.4 Å². The van der Waals surface area contributed by atoms with Gasteiger partial charge in [0.15, 0.2) is 0 Å². The SMILES string of the molecule is O=P(O)(O)O.[NaH].[Nb]. The second-order valence-electron chi connectivity index (χ2n) is 0.513. The Hall–Kier alpha value is 1.85. The van der Waals surface area contributed by atoms with E-state index in [9.17, 15) is 0 Å². The van der Waals surface area contributed by atoms with Gasteiger partial charge in [-0.1, -0.05) is 0 Å². The van der Waals surface area contributed by atoms with E-state index in [1.54, 1.807) is 0 Å². The van der Waals surface area contributed by atoms with Crippen LogP contribution in [0, 0.1) is 0 Å². The van der Waals surface area contributed by atoms with Crippen LogP contribution in [0.15, 0.2) is 0 Å². The summed E-state index contributed by atoms with van der Waals surface area (Å²) in [4.78, 5) is 21.6. The molecule has 0 bridgehead atoms. The molecular formula is H4NaNbO4P. The summed E-state index contributed by atoms with van der Waals surface area (Å²) in [5.41, 5.74) is 0. The van der Waals surface area contributed by atoms with E-state index >= 15 is 0 Å². The summed E-state index contributed by atoms with van der Waals surface area (Å²) in [5, 5.41) is 0. The third kappa shape index (κ3) is 78.5. The van der Waals surface area contributed by atoms with E-state index < -0.39 is 7.82 Å². The van der Waals surface area contributed by atoms with Crippen molar-refractivity contribution in [1.29, 1.82) is 0 Å². The Balaban J connectivity index is -0.0000000800. The van der Waals surface area contributed by atoms with Crippen molar-refractivity contribution in [3.8, 4) is 0 Å². The van der Waals surface area contributed by atoms with Gasteiger partial charge in [-0.2, -0.15) is 0 Å². The number of hydrogen-bond donors (Lipinski definition) is 3. The Morgan fingerprint density at radius 2 is 1.14 bits per heavy atom. The van der Waals surface area contributed by atoms with Gasteiger partial charge in [0.1, 0.15) is 0 Å². The molecular weight excluding hydrogens is 211 g/mol. The Bertz CT molecular complexity index is 57.8. The summed E-state index contributed by atoms with van der Waals surface area (Å²) in [6.45, 7) is 0. The molecule has 4 nitrogen and oxygen atoms in total. The Kier molecular flexibility index (Phi) is 13.6. The summed E-state index contributed by atoms with van der Waals surface area (Å²) < 4.78 is 8.88. The van der Waals surface area contributed by atoms with Crippen LogP contribution in [0.1, 0.15) is 0 Å². The summed E-state index contributed by atoms with van der Waals surface area (Å²) in [6, 6.07) is 0. The van der Waals surface area contributed by atoms with Crippen molar-refractivity contribution in [3.63, 3.8) is 0 Å². The fourth-order valence-corrected chi connectivity index (χ4v) is 0. The van der Waals surface area contributed by atoms with Gasteiger partial charge >= 0.3 is 37.4 Å². The molecule has 0 aromatic carbocycles. The zero-order valence-corrected chi connectivity index (χ0v) is 5.74. The van der Waals surface area contributed by atoms with Crippen molar-refractivity contribution < 1.29 is 41.6 Å². The molecule has 0 aliphatic carbocycles. The molecule has 1 radical (unpaired) electrons. The number of hydrogen-bond acceptors (Lipinski definition) is 1. The Morgan fingerprint density at radius 1 is 1.14 bits per heavy atom. The fourth-order valence-electron chi connectivity index (χ4n) is 0. The van der Waals surface area contributed by atoms with Crippen molar-refractivity contribution in [1.82, 2.24) is 0 Å². The maximum atomic E-state index is 8.88. The molecule has 0 aromatic heterocycles. The quantitative estimate of drug-likeness (QED) is 0.336. The van der Waals surface area contributed by atoms with E-state index in [-0.39, 0.29) is 51.9 Å². The van der Waals surface area contributed by atoms with E-state index in [1.807, 2.05) is 0 Å². The molecule has 0 atom stereocenters. The summed E-state index contributed by atoms with van der Waals surface area (Å²) in [7, 11) is -4.64. The van der Waals surface area contributed by atoms with Gasteiger partial charge in [0.25, 0.3) is 0 Å². The molecule has 0 saturated heterocycles. The minimum absolute atomic E-state index is 0. The number of rotatable bonds is 0. The van der Waals surface area contributed by atoms with Gasteiger partial charge in [0, 0.05) is 22.4 Å². The van der Waals surface area contributed by atoms with Crippen molar-refractivity contribution in [2.75, 3.05) is 0 Å². The van der Waals surface area contributed by atoms with Crippen LogP contribution in [0.5, 0.6) is 0 Å². The summed E-state index contributed by atoms with van der Waals surface area (Å²) >= 11 is 0. The molecule has 7 heavy (non-hydrogen) atoms. The summed E-state index contributed by atoms with van der Waals surface area (Å²) in [5.74, 6) is 0. The molecule has 0 amide bonds. The van der Waals surface area contributed by atoms with Crippen LogP contribution >= 0.6 is 7.82 Å². The van der Waals surface area contributed by atoms with E-state index in [2.05, 4.69) is 0 Å². The molecule has 3 N–H and O–H groups in total. The zero-order valence-electron chi connectivity index (χ0n) is 2.64. The van der Waals surface area contributed by atoms with Gasteiger partial charge in [-0.15, -0.1) is 0 Å². The minimum atomic E-state index is -4.64. The van der Waals surface area contributed by atoms with Crippen molar-refractivity contribution in [2.24, 2.45) is 0 Å². The van der Waals surface area contributed by atoms with E-state index in [0.717, 1.165) is 0 Å². The molecule has 0 aliphatic heterocycles. The van der Waals surface area contributed by atoms with Crippen molar-refractivity contribution in [3.05, 3.63) is 0 Å². The second kappa shape index (κ2) is 5.98. The molecule has 0 saturated carbocycles. The van der Waals surface area contributed by atoms with Gasteiger partial charge < -0.3 is 14.7 Å². The van der Waals surface area contributed by atoms with Crippen LogP contribution in [0.25, 0.3) is 0 Å². The predicted octanol–water partition coefficient (Wildman–Crippen LogP) is -1.58. The molecule has 0 rings (SSSR count). The maximum absolute atomic E-state index is 8.88. The molecule has 39 valence electrons. The van der Waals surface area contributed by atoms with E-state index in [4.69, 9.17) is 19.2 Å². The second-order valence-corrected chi connectivity index (χ2v) is 1.54. The molecule has 0 spiro atoms. The van der Waals surface area contributed by atoms with Gasteiger partial charge in [0.05, 0.1) is 0 Å². The monoisotopic (exact) mass is 215 g/mol. The molecule has 0 fully saturated rings. The van der Waals surface area contributed by atoms with Crippen LogP contribution in [0.3, 0.4) is 0 Å². The zero-order chi connectivity index (χ0) is 4.50. The van der Waals surface area contributed by atoms with E-state index in [0.29, 0.717) is 0 Å². The Morgan fingerprint density at radius 3 is 1.14 bits per heavy atom. The maximum Gasteiger partial charge on any atom is 0 e. The van der Waals surface area contributed by atoms with E-state index in [1.165, 1.54) is 0 Å². The first-order chi connectivity index (χ1) is 2.00. The Labute approximate surface area is 78.4 Å². The minimum Gasteiger partial charge on any atom is 0 e. The van der Waals surface area contributed by atoms with Crippen LogP contribution in [0.4, 0.5) is 0 Å². The third-order valence-electron chi connectivity index (χ3n) is 0. The van der Waals surface area contributed by atoms with Crippen LogP contribution in [-0.2, 0) is 26.9 Å². The van der Waals surface area contributed by atoms with Gasteiger partial charge in [-0.3, -0.25) is 0 Å². The number of phosphoric acid groups is 1.